The summed E-state index contributed by atoms with van der Waals surface area (Å²) in [5, 5.41) is 5.79. The predicted molar refractivity (Wildman–Crippen MR) is 101 cm³/mol. The van der Waals surface area contributed by atoms with E-state index >= 15 is 0 Å². The highest BCUT2D eigenvalue weighted by atomic mass is 16.1. The van der Waals surface area contributed by atoms with Gasteiger partial charge in [0.05, 0.1) is 11.4 Å². The van der Waals surface area contributed by atoms with E-state index in [1.807, 2.05) is 26.0 Å². The van der Waals surface area contributed by atoms with E-state index in [1.165, 1.54) is 6.20 Å². The maximum atomic E-state index is 11.9. The Morgan fingerprint density at radius 1 is 1.32 bits per heavy atom. The number of aryl methyl sites for hydroxylation is 1. The van der Waals surface area contributed by atoms with Crippen LogP contribution < -0.4 is 16.4 Å². The highest BCUT2D eigenvalue weighted by Gasteiger charge is 2.09. The van der Waals surface area contributed by atoms with Crippen molar-refractivity contribution in [3.05, 3.63) is 53.5 Å². The zero-order valence-electron chi connectivity index (χ0n) is 14.6. The minimum absolute atomic E-state index is 0.0904. The summed E-state index contributed by atoms with van der Waals surface area (Å²) in [5.74, 6) is 0.331. The van der Waals surface area contributed by atoms with Crippen LogP contribution in [0.25, 0.3) is 11.3 Å². The molecule has 0 saturated carbocycles. The lowest BCUT2D eigenvalue weighted by molar-refractivity contribution is 0.0956. The molecule has 7 heteroatoms. The molecule has 130 valence electrons. The molecular weight excluding hydrogens is 316 g/mol. The van der Waals surface area contributed by atoms with Crippen LogP contribution in [-0.2, 0) is 0 Å². The topological polar surface area (TPSA) is 105 Å². The van der Waals surface area contributed by atoms with Crippen molar-refractivity contribution in [3.8, 4) is 11.3 Å². The second kappa shape index (κ2) is 8.58. The number of hydrogen-bond acceptors (Lipinski definition) is 6. The molecule has 0 atom stereocenters. The molecule has 0 unspecified atom stereocenters. The Kier molecular flexibility index (Phi) is 6.22. The van der Waals surface area contributed by atoms with Gasteiger partial charge in [0.1, 0.15) is 0 Å². The number of aliphatic imine (C=N–C) groups is 1. The van der Waals surface area contributed by atoms with Gasteiger partial charge < -0.3 is 16.4 Å². The Hall–Kier alpha value is -3.22. The lowest BCUT2D eigenvalue weighted by Gasteiger charge is -2.10. The Morgan fingerprint density at radius 3 is 2.64 bits per heavy atom. The van der Waals surface area contributed by atoms with Gasteiger partial charge in [-0.05, 0) is 31.5 Å². The number of allylic oxidation sites excluding steroid dienone is 1. The fourth-order valence-corrected chi connectivity index (χ4v) is 2.22. The first kappa shape index (κ1) is 18.1. The summed E-state index contributed by atoms with van der Waals surface area (Å²) in [6.45, 7) is 4.42. The third-order valence-corrected chi connectivity index (χ3v) is 3.43. The van der Waals surface area contributed by atoms with E-state index in [9.17, 15) is 4.79 Å². The number of rotatable bonds is 6. The summed E-state index contributed by atoms with van der Waals surface area (Å²) in [6.07, 6.45) is 4.72. The molecule has 0 fully saturated rings. The van der Waals surface area contributed by atoms with Crippen LogP contribution in [0, 0.1) is 6.92 Å². The minimum atomic E-state index is -0.0904. The van der Waals surface area contributed by atoms with Crippen LogP contribution in [0.1, 0.15) is 22.8 Å². The van der Waals surface area contributed by atoms with Crippen LogP contribution in [0.15, 0.2) is 47.4 Å². The molecule has 0 aliphatic rings. The molecule has 0 saturated heterocycles. The van der Waals surface area contributed by atoms with E-state index in [1.54, 1.807) is 31.6 Å². The molecular formula is C18H22N6O. The fraction of sp³-hybridized carbons (Fsp3) is 0.222. The normalized spacial score (nSPS) is 11.6. The summed E-state index contributed by atoms with van der Waals surface area (Å²) in [6, 6.07) is 7.31. The first-order valence-corrected chi connectivity index (χ1v) is 7.92. The molecule has 0 aliphatic heterocycles. The molecule has 25 heavy (non-hydrogen) atoms. The molecule has 2 aromatic rings. The van der Waals surface area contributed by atoms with Gasteiger partial charge in [0, 0.05) is 43.3 Å². The monoisotopic (exact) mass is 338 g/mol. The van der Waals surface area contributed by atoms with Crippen LogP contribution in [0.2, 0.25) is 0 Å². The summed E-state index contributed by atoms with van der Waals surface area (Å²) in [7, 11) is 1.66. The third kappa shape index (κ3) is 4.63. The zero-order valence-corrected chi connectivity index (χ0v) is 14.6. The van der Waals surface area contributed by atoms with E-state index in [0.717, 1.165) is 16.8 Å². The maximum Gasteiger partial charge on any atom is 0.251 e. The largest absolute Gasteiger partial charge is 0.403 e. The number of nitrogens with zero attached hydrogens (tertiary/aromatic N) is 3. The molecule has 0 spiro atoms. The number of benzene rings is 1. The second-order valence-corrected chi connectivity index (χ2v) is 5.30. The molecule has 0 bridgehead atoms. The van der Waals surface area contributed by atoms with Gasteiger partial charge in [0.2, 0.25) is 5.95 Å². The Balaban J connectivity index is 2.29. The smallest absolute Gasteiger partial charge is 0.251 e. The molecule has 2 rings (SSSR count). The first-order valence-electron chi connectivity index (χ1n) is 7.92. The van der Waals surface area contributed by atoms with E-state index in [0.29, 0.717) is 23.8 Å². The SMILES string of the molecule is CCNC(=O)c1ccc(-c2nc(NC(C=NC)=CN)ncc2C)cc1. The molecule has 1 aromatic carbocycles. The maximum absolute atomic E-state index is 11.9. The lowest BCUT2D eigenvalue weighted by Crippen LogP contribution is -2.22. The molecule has 1 aromatic heterocycles. The van der Waals surface area contributed by atoms with Gasteiger partial charge in [-0.3, -0.25) is 9.79 Å². The Labute approximate surface area is 147 Å². The van der Waals surface area contributed by atoms with Crippen LogP contribution in [0.4, 0.5) is 5.95 Å². The predicted octanol–water partition coefficient (Wildman–Crippen LogP) is 2.11. The average molecular weight is 338 g/mol. The van der Waals surface area contributed by atoms with Crippen LogP contribution in [-0.4, -0.2) is 35.7 Å². The molecule has 1 amide bonds. The van der Waals surface area contributed by atoms with Crippen molar-refractivity contribution in [2.24, 2.45) is 10.7 Å². The molecule has 1 heterocycles. The molecule has 0 radical (unpaired) electrons. The van der Waals surface area contributed by atoms with Crippen molar-refractivity contribution in [1.29, 1.82) is 0 Å². The molecule has 4 N–H and O–H groups in total. The number of nitrogens with one attached hydrogen (secondary N) is 2. The van der Waals surface area contributed by atoms with Gasteiger partial charge >= 0.3 is 0 Å². The van der Waals surface area contributed by atoms with E-state index in [2.05, 4.69) is 25.6 Å². The number of nitrogens with two attached hydrogens (primary N) is 1. The molecule has 7 nitrogen and oxygen atoms in total. The van der Waals surface area contributed by atoms with Crippen molar-refractivity contribution in [3.63, 3.8) is 0 Å². The van der Waals surface area contributed by atoms with Crippen molar-refractivity contribution in [2.45, 2.75) is 13.8 Å². The van der Waals surface area contributed by atoms with Gasteiger partial charge in [-0.1, -0.05) is 12.1 Å². The van der Waals surface area contributed by atoms with E-state index < -0.39 is 0 Å². The summed E-state index contributed by atoms with van der Waals surface area (Å²) in [4.78, 5) is 24.6. The van der Waals surface area contributed by atoms with Crippen LogP contribution in [0.5, 0.6) is 0 Å². The lowest BCUT2D eigenvalue weighted by atomic mass is 10.1. The van der Waals surface area contributed by atoms with Crippen LogP contribution >= 0.6 is 0 Å². The minimum Gasteiger partial charge on any atom is -0.403 e. The molecule has 0 aliphatic carbocycles. The Morgan fingerprint density at radius 2 is 2.04 bits per heavy atom. The van der Waals surface area contributed by atoms with Crippen molar-refractivity contribution < 1.29 is 4.79 Å². The van der Waals surface area contributed by atoms with Gasteiger partial charge in [-0.15, -0.1) is 0 Å². The standard InChI is InChI=1S/C18H22N6O/c1-4-21-17(25)14-7-5-13(6-8-14)16-12(2)10-22-18(24-16)23-15(9-19)11-20-3/h5-11H,4,19H2,1-3H3,(H,21,25)(H,22,23,24). The van der Waals surface area contributed by atoms with Crippen LogP contribution in [0.3, 0.4) is 0 Å². The second-order valence-electron chi connectivity index (χ2n) is 5.30. The Bertz CT molecular complexity index is 796. The number of anilines is 1. The summed E-state index contributed by atoms with van der Waals surface area (Å²) >= 11 is 0. The highest BCUT2D eigenvalue weighted by molar-refractivity contribution is 5.94. The van der Waals surface area contributed by atoms with E-state index in [-0.39, 0.29) is 5.91 Å². The summed E-state index contributed by atoms with van der Waals surface area (Å²) in [5.41, 5.74) is 9.37. The van der Waals surface area contributed by atoms with Gasteiger partial charge in [-0.2, -0.15) is 0 Å². The number of aromatic nitrogens is 2. The third-order valence-electron chi connectivity index (χ3n) is 3.43. The fourth-order valence-electron chi connectivity index (χ4n) is 2.22. The number of hydrogen-bond donors (Lipinski definition) is 3. The zero-order chi connectivity index (χ0) is 18.2. The highest BCUT2D eigenvalue weighted by Crippen LogP contribution is 2.22. The van der Waals surface area contributed by atoms with Crippen molar-refractivity contribution in [1.82, 2.24) is 15.3 Å². The van der Waals surface area contributed by atoms with Gasteiger partial charge in [0.25, 0.3) is 5.91 Å². The van der Waals surface area contributed by atoms with Crippen molar-refractivity contribution in [2.75, 3.05) is 18.9 Å². The van der Waals surface area contributed by atoms with E-state index in [4.69, 9.17) is 5.73 Å². The van der Waals surface area contributed by atoms with Gasteiger partial charge in [-0.25, -0.2) is 9.97 Å². The number of carbonyl (C=O) groups is 1. The van der Waals surface area contributed by atoms with Crippen molar-refractivity contribution >= 4 is 18.1 Å². The quantitative estimate of drug-likeness (QED) is 0.700. The van der Waals surface area contributed by atoms with Gasteiger partial charge in [0.15, 0.2) is 0 Å². The number of amides is 1. The summed E-state index contributed by atoms with van der Waals surface area (Å²) < 4.78 is 0. The number of carbonyl (C=O) groups excluding carboxylic acids is 1. The average Bonchev–Trinajstić information content (AvgIpc) is 2.63. The first-order chi connectivity index (χ1) is 12.1.